The summed E-state index contributed by atoms with van der Waals surface area (Å²) in [6.45, 7) is 6.05. The maximum absolute atomic E-state index is 3.80. The van der Waals surface area contributed by atoms with Crippen LogP contribution in [-0.4, -0.2) is 5.33 Å². The molecule has 0 saturated heterocycles. The summed E-state index contributed by atoms with van der Waals surface area (Å²) >= 11 is 3.47. The van der Waals surface area contributed by atoms with E-state index < -0.39 is 0 Å². The van der Waals surface area contributed by atoms with Crippen LogP contribution < -0.4 is 0 Å². The Kier molecular flexibility index (Phi) is 8.48. The van der Waals surface area contributed by atoms with Gasteiger partial charge in [-0.3, -0.25) is 0 Å². The summed E-state index contributed by atoms with van der Waals surface area (Å²) < 4.78 is 0. The van der Waals surface area contributed by atoms with Gasteiger partial charge in [0.25, 0.3) is 0 Å². The molecule has 0 saturated carbocycles. The fraction of sp³-hybridized carbons (Fsp3) is 0.800. The zero-order valence-corrected chi connectivity index (χ0v) is 9.07. The molecule has 0 aromatic heterocycles. The first-order valence-electron chi connectivity index (χ1n) is 4.53. The van der Waals surface area contributed by atoms with Crippen LogP contribution in [0.2, 0.25) is 0 Å². The number of hydrogen-bond donors (Lipinski definition) is 0. The van der Waals surface area contributed by atoms with Gasteiger partial charge in [0.2, 0.25) is 0 Å². The van der Waals surface area contributed by atoms with Crippen molar-refractivity contribution in [1.82, 2.24) is 0 Å². The quantitative estimate of drug-likeness (QED) is 0.342. The molecule has 0 aliphatic heterocycles. The summed E-state index contributed by atoms with van der Waals surface area (Å²) in [7, 11) is 0. The van der Waals surface area contributed by atoms with Crippen LogP contribution >= 0.6 is 15.9 Å². The van der Waals surface area contributed by atoms with Crippen molar-refractivity contribution in [3.8, 4) is 0 Å². The van der Waals surface area contributed by atoms with Gasteiger partial charge in [-0.1, -0.05) is 54.6 Å². The molecule has 1 unspecified atom stereocenters. The van der Waals surface area contributed by atoms with E-state index in [1.165, 1.54) is 32.1 Å². The van der Waals surface area contributed by atoms with E-state index in [0.29, 0.717) is 5.92 Å². The van der Waals surface area contributed by atoms with Gasteiger partial charge >= 0.3 is 0 Å². The molecule has 0 aliphatic rings. The van der Waals surface area contributed by atoms with Crippen molar-refractivity contribution in [1.29, 1.82) is 0 Å². The maximum Gasteiger partial charge on any atom is 0.00942 e. The summed E-state index contributed by atoms with van der Waals surface area (Å²) in [5.74, 6) is 0.687. The third-order valence-corrected chi connectivity index (χ3v) is 2.79. The Labute approximate surface area is 79.2 Å². The van der Waals surface area contributed by atoms with Crippen molar-refractivity contribution in [3.63, 3.8) is 0 Å². The van der Waals surface area contributed by atoms with Crippen LogP contribution in [-0.2, 0) is 0 Å². The molecule has 1 heteroatoms. The molecule has 0 spiro atoms. The first-order chi connectivity index (χ1) is 5.35. The van der Waals surface area contributed by atoms with E-state index in [1.54, 1.807) is 0 Å². The molecule has 0 N–H and O–H groups in total. The number of unbranched alkanes of at least 4 members (excludes halogenated alkanes) is 3. The highest BCUT2D eigenvalue weighted by Crippen LogP contribution is 2.13. The Morgan fingerprint density at radius 3 is 2.55 bits per heavy atom. The molecule has 0 amide bonds. The van der Waals surface area contributed by atoms with E-state index >= 15 is 0 Å². The lowest BCUT2D eigenvalue weighted by Gasteiger charge is -2.06. The van der Waals surface area contributed by atoms with Crippen LogP contribution in [0.15, 0.2) is 12.7 Å². The maximum atomic E-state index is 3.80. The van der Waals surface area contributed by atoms with Gasteiger partial charge in [0.15, 0.2) is 0 Å². The lowest BCUT2D eigenvalue weighted by molar-refractivity contribution is 0.568. The van der Waals surface area contributed by atoms with E-state index in [-0.39, 0.29) is 0 Å². The average Bonchev–Trinajstić information content (AvgIpc) is 2.05. The Balaban J connectivity index is 3.14. The lowest BCUT2D eigenvalue weighted by atomic mass is 10.0. The van der Waals surface area contributed by atoms with Gasteiger partial charge in [0, 0.05) is 5.33 Å². The standard InChI is InChI=1S/C10H19Br/c1-3-5-6-7-8-10(4-2)9-11/h4,10H,2-3,5-9H2,1H3. The van der Waals surface area contributed by atoms with Crippen molar-refractivity contribution < 1.29 is 0 Å². The third-order valence-electron chi connectivity index (χ3n) is 1.96. The van der Waals surface area contributed by atoms with E-state index in [4.69, 9.17) is 0 Å². The van der Waals surface area contributed by atoms with Gasteiger partial charge in [-0.2, -0.15) is 0 Å². The average molecular weight is 219 g/mol. The highest BCUT2D eigenvalue weighted by Gasteiger charge is 2.00. The van der Waals surface area contributed by atoms with Crippen molar-refractivity contribution in [3.05, 3.63) is 12.7 Å². The molecule has 0 aromatic carbocycles. The van der Waals surface area contributed by atoms with Gasteiger partial charge in [-0.15, -0.1) is 6.58 Å². The number of alkyl halides is 1. The first-order valence-corrected chi connectivity index (χ1v) is 5.65. The van der Waals surface area contributed by atoms with E-state index in [2.05, 4.69) is 35.5 Å². The minimum absolute atomic E-state index is 0.687. The third kappa shape index (κ3) is 6.61. The van der Waals surface area contributed by atoms with Crippen molar-refractivity contribution in [2.75, 3.05) is 5.33 Å². The molecule has 0 bridgehead atoms. The molecule has 0 radical (unpaired) electrons. The van der Waals surface area contributed by atoms with Crippen molar-refractivity contribution >= 4 is 15.9 Å². The fourth-order valence-corrected chi connectivity index (χ4v) is 1.68. The molecule has 0 fully saturated rings. The minimum atomic E-state index is 0.687. The normalized spacial score (nSPS) is 12.9. The minimum Gasteiger partial charge on any atom is -0.103 e. The van der Waals surface area contributed by atoms with Crippen LogP contribution in [0.3, 0.4) is 0 Å². The highest BCUT2D eigenvalue weighted by molar-refractivity contribution is 9.09. The summed E-state index contributed by atoms with van der Waals surface area (Å²) in [6, 6.07) is 0. The fourth-order valence-electron chi connectivity index (χ4n) is 1.09. The predicted molar refractivity (Wildman–Crippen MR) is 56.2 cm³/mol. The second kappa shape index (κ2) is 8.32. The van der Waals surface area contributed by atoms with E-state index in [0.717, 1.165) is 5.33 Å². The summed E-state index contributed by atoms with van der Waals surface area (Å²) in [6.07, 6.45) is 8.80. The molecule has 0 rings (SSSR count). The topological polar surface area (TPSA) is 0 Å². The number of allylic oxidation sites excluding steroid dienone is 1. The van der Waals surface area contributed by atoms with Gasteiger partial charge in [-0.05, 0) is 12.3 Å². The largest absolute Gasteiger partial charge is 0.103 e. The van der Waals surface area contributed by atoms with Crippen molar-refractivity contribution in [2.45, 2.75) is 39.0 Å². The SMILES string of the molecule is C=CC(CBr)CCCCCC. The first kappa shape index (κ1) is 11.2. The summed E-state index contributed by atoms with van der Waals surface area (Å²) in [5.41, 5.74) is 0. The zero-order valence-electron chi connectivity index (χ0n) is 7.48. The van der Waals surface area contributed by atoms with Crippen molar-refractivity contribution in [2.24, 2.45) is 5.92 Å². The Morgan fingerprint density at radius 2 is 2.09 bits per heavy atom. The Morgan fingerprint density at radius 1 is 1.36 bits per heavy atom. The van der Waals surface area contributed by atoms with Gasteiger partial charge in [0.1, 0.15) is 0 Å². The predicted octanol–water partition coefficient (Wildman–Crippen LogP) is 4.15. The summed E-state index contributed by atoms with van der Waals surface area (Å²) in [5, 5.41) is 1.07. The number of rotatable bonds is 7. The molecule has 0 aliphatic carbocycles. The van der Waals surface area contributed by atoms with E-state index in [1.807, 2.05) is 0 Å². The Hall–Kier alpha value is 0.220. The molecule has 0 aromatic rings. The molecule has 66 valence electrons. The molecule has 0 heterocycles. The van der Waals surface area contributed by atoms with E-state index in [9.17, 15) is 0 Å². The van der Waals surface area contributed by atoms with Crippen LogP contribution in [0.4, 0.5) is 0 Å². The monoisotopic (exact) mass is 218 g/mol. The van der Waals surface area contributed by atoms with Gasteiger partial charge in [0.05, 0.1) is 0 Å². The van der Waals surface area contributed by atoms with Gasteiger partial charge < -0.3 is 0 Å². The zero-order chi connectivity index (χ0) is 8.53. The van der Waals surface area contributed by atoms with Crippen LogP contribution in [0.25, 0.3) is 0 Å². The Bertz CT molecular complexity index is 88.9. The smallest absolute Gasteiger partial charge is 0.00942 e. The second-order valence-corrected chi connectivity index (χ2v) is 3.65. The second-order valence-electron chi connectivity index (χ2n) is 3.00. The molecular weight excluding hydrogens is 200 g/mol. The molecular formula is C10H19Br. The van der Waals surface area contributed by atoms with Crippen LogP contribution in [0.5, 0.6) is 0 Å². The summed E-state index contributed by atoms with van der Waals surface area (Å²) in [4.78, 5) is 0. The molecule has 11 heavy (non-hydrogen) atoms. The lowest BCUT2D eigenvalue weighted by Crippen LogP contribution is -1.96. The van der Waals surface area contributed by atoms with Crippen LogP contribution in [0.1, 0.15) is 39.0 Å². The number of hydrogen-bond acceptors (Lipinski definition) is 0. The highest BCUT2D eigenvalue weighted by atomic mass is 79.9. The van der Waals surface area contributed by atoms with Gasteiger partial charge in [-0.25, -0.2) is 0 Å². The molecule has 1 atom stereocenters. The molecule has 0 nitrogen and oxygen atoms in total. The van der Waals surface area contributed by atoms with Crippen LogP contribution in [0, 0.1) is 5.92 Å². The number of halogens is 1.